The Kier molecular flexibility index (Phi) is 10.5. The van der Waals surface area contributed by atoms with E-state index in [9.17, 15) is 14.2 Å². The number of carbonyl (C=O) groups is 2. The van der Waals surface area contributed by atoms with Gasteiger partial charge in [-0.15, -0.1) is 0 Å². The van der Waals surface area contributed by atoms with Crippen molar-refractivity contribution in [3.63, 3.8) is 0 Å². The number of rotatable bonds is 14. The van der Waals surface area contributed by atoms with Gasteiger partial charge in [0.05, 0.1) is 13.2 Å². The number of nitrogens with zero attached hydrogens (tertiary/aromatic N) is 1. The second-order valence-corrected chi connectivity index (χ2v) is 12.7. The Balaban J connectivity index is 1.49. The second kappa shape index (κ2) is 13.7. The minimum atomic E-state index is -4.14. The minimum Gasteiger partial charge on any atom is -0.464 e. The average Bonchev–Trinajstić information content (AvgIpc) is 3.45. The lowest BCUT2D eigenvalue weighted by Crippen LogP contribution is -2.40. The molecule has 1 aromatic rings. The normalized spacial score (nSPS) is 26.8. The summed E-state index contributed by atoms with van der Waals surface area (Å²) < 4.78 is 49.8. The molecule has 1 amide bonds. The summed E-state index contributed by atoms with van der Waals surface area (Å²) in [5.41, 5.74) is 5.93. The van der Waals surface area contributed by atoms with Crippen LogP contribution in [-0.2, 0) is 37.6 Å². The highest BCUT2D eigenvalue weighted by Gasteiger charge is 2.57. The predicted octanol–water partition coefficient (Wildman–Crippen LogP) is 3.98. The third kappa shape index (κ3) is 8.00. The Hall–Kier alpha value is -2.73. The molecule has 13 heteroatoms. The molecule has 4 rings (SSSR count). The van der Waals surface area contributed by atoms with Gasteiger partial charge in [-0.25, -0.2) is 4.57 Å². The van der Waals surface area contributed by atoms with E-state index in [0.29, 0.717) is 12.0 Å². The number of nitrogens with one attached hydrogen (secondary N) is 1. The highest BCUT2D eigenvalue weighted by molar-refractivity contribution is 7.52. The van der Waals surface area contributed by atoms with Gasteiger partial charge < -0.3 is 34.1 Å². The first kappa shape index (κ1) is 32.2. The third-order valence-electron chi connectivity index (χ3n) is 7.35. The number of amides is 1. The van der Waals surface area contributed by atoms with Crippen LogP contribution < -0.4 is 15.3 Å². The molecular formula is C29H42N3O9P. The van der Waals surface area contributed by atoms with Gasteiger partial charge in [0.1, 0.15) is 30.1 Å². The first-order chi connectivity index (χ1) is 19.9. The Labute approximate surface area is 247 Å². The largest absolute Gasteiger partial charge is 0.464 e. The maximum atomic E-state index is 14.1. The number of benzene rings is 1. The predicted molar refractivity (Wildman–Crippen MR) is 154 cm³/mol. The number of ether oxygens (including phenoxy) is 4. The molecule has 0 spiro atoms. The molecule has 6 atom stereocenters. The van der Waals surface area contributed by atoms with Crippen LogP contribution in [0.4, 0.5) is 0 Å². The Bertz CT molecular complexity index is 1200. The van der Waals surface area contributed by atoms with Crippen molar-refractivity contribution >= 4 is 19.6 Å². The molecule has 12 nitrogen and oxygen atoms in total. The number of esters is 1. The van der Waals surface area contributed by atoms with Crippen molar-refractivity contribution in [2.24, 2.45) is 11.7 Å². The molecule has 3 aliphatic rings. The SMILES string of the molecule is CCC(CC)COC(=O)C(C)NP(=O)(OCC1O[C@@H](N2C=CCC(C(N)=O)=C2)[C@@H]2OC(C)(C)O[C@H]12)Oc1ccccc1. The molecule has 0 radical (unpaired) electrons. The van der Waals surface area contributed by atoms with Crippen molar-refractivity contribution in [1.82, 2.24) is 9.99 Å². The molecule has 0 aliphatic carbocycles. The maximum Gasteiger partial charge on any atom is 0.459 e. The van der Waals surface area contributed by atoms with Gasteiger partial charge in [-0.05, 0) is 45.2 Å². The molecule has 3 unspecified atom stereocenters. The van der Waals surface area contributed by atoms with E-state index in [0.717, 1.165) is 12.8 Å². The molecule has 0 saturated carbocycles. The van der Waals surface area contributed by atoms with Crippen LogP contribution in [0.15, 0.2) is 54.4 Å². The molecule has 0 aromatic heterocycles. The average molecular weight is 608 g/mol. The van der Waals surface area contributed by atoms with Gasteiger partial charge in [0.15, 0.2) is 12.0 Å². The van der Waals surface area contributed by atoms with E-state index in [4.69, 9.17) is 33.7 Å². The first-order valence-electron chi connectivity index (χ1n) is 14.3. The fourth-order valence-electron chi connectivity index (χ4n) is 4.95. The maximum absolute atomic E-state index is 14.1. The van der Waals surface area contributed by atoms with Gasteiger partial charge in [0.25, 0.3) is 0 Å². The van der Waals surface area contributed by atoms with Gasteiger partial charge in [-0.1, -0.05) is 51.0 Å². The number of primary amides is 1. The number of fused-ring (bicyclic) bond motifs is 1. The molecule has 2 saturated heterocycles. The smallest absolute Gasteiger partial charge is 0.459 e. The molecule has 232 valence electrons. The van der Waals surface area contributed by atoms with Gasteiger partial charge in [0.2, 0.25) is 5.91 Å². The monoisotopic (exact) mass is 607 g/mol. The zero-order valence-corrected chi connectivity index (χ0v) is 25.7. The highest BCUT2D eigenvalue weighted by Crippen LogP contribution is 2.47. The number of carbonyl (C=O) groups excluding carboxylic acids is 2. The standard InChI is InChI=1S/C29H42N3O9P/c1-6-20(7-2)17-36-28(34)19(3)31-42(35,41-22-13-9-8-10-14-22)37-18-23-24-25(40-29(4,5)39-24)27(38-23)32-15-11-12-21(16-32)26(30)33/h8-11,13-16,19-20,23-25,27H,6-7,12,17-18H2,1-5H3,(H2,30,33)(H,31,35)/t19?,23?,24-,25-,27-,42?/m1/s1. The van der Waals surface area contributed by atoms with E-state index in [1.807, 2.05) is 13.8 Å². The third-order valence-corrected chi connectivity index (χ3v) is 9.00. The van der Waals surface area contributed by atoms with Crippen molar-refractivity contribution < 1.29 is 42.1 Å². The van der Waals surface area contributed by atoms with E-state index in [-0.39, 0.29) is 24.9 Å². The zero-order chi connectivity index (χ0) is 30.5. The van der Waals surface area contributed by atoms with Crippen LogP contribution in [0.5, 0.6) is 5.75 Å². The van der Waals surface area contributed by atoms with Crippen LogP contribution in [0, 0.1) is 5.92 Å². The summed E-state index contributed by atoms with van der Waals surface area (Å²) in [6, 6.07) is 7.53. The number of allylic oxidation sites excluding steroid dienone is 1. The van der Waals surface area contributed by atoms with E-state index in [1.54, 1.807) is 74.5 Å². The lowest BCUT2D eigenvalue weighted by molar-refractivity contribution is -0.201. The Morgan fingerprint density at radius 3 is 2.52 bits per heavy atom. The fraction of sp³-hybridized carbons (Fsp3) is 0.586. The summed E-state index contributed by atoms with van der Waals surface area (Å²) in [7, 11) is -4.14. The van der Waals surface area contributed by atoms with Crippen molar-refractivity contribution in [3.8, 4) is 5.75 Å². The van der Waals surface area contributed by atoms with Crippen LogP contribution in [0.25, 0.3) is 0 Å². The quantitative estimate of drug-likeness (QED) is 0.234. The van der Waals surface area contributed by atoms with E-state index < -0.39 is 56.0 Å². The summed E-state index contributed by atoms with van der Waals surface area (Å²) >= 11 is 0. The number of hydrogen-bond donors (Lipinski definition) is 2. The van der Waals surface area contributed by atoms with Gasteiger partial charge >= 0.3 is 13.7 Å². The Morgan fingerprint density at radius 1 is 1.17 bits per heavy atom. The van der Waals surface area contributed by atoms with Crippen LogP contribution in [-0.4, -0.2) is 66.4 Å². The van der Waals surface area contributed by atoms with Crippen LogP contribution >= 0.6 is 7.75 Å². The molecule has 0 bridgehead atoms. The van der Waals surface area contributed by atoms with Crippen molar-refractivity contribution in [2.75, 3.05) is 13.2 Å². The molecular weight excluding hydrogens is 565 g/mol. The van der Waals surface area contributed by atoms with E-state index in [1.165, 1.54) is 0 Å². The van der Waals surface area contributed by atoms with Gasteiger partial charge in [-0.2, -0.15) is 5.09 Å². The van der Waals surface area contributed by atoms with Crippen molar-refractivity contribution in [1.29, 1.82) is 0 Å². The Morgan fingerprint density at radius 2 is 1.86 bits per heavy atom. The summed E-state index contributed by atoms with van der Waals surface area (Å²) in [5.74, 6) is -1.48. The topological polar surface area (TPSA) is 148 Å². The minimum absolute atomic E-state index is 0.215. The molecule has 3 aliphatic heterocycles. The van der Waals surface area contributed by atoms with E-state index >= 15 is 0 Å². The molecule has 2 fully saturated rings. The van der Waals surface area contributed by atoms with Gasteiger partial charge in [0, 0.05) is 18.0 Å². The summed E-state index contributed by atoms with van der Waals surface area (Å²) in [6.07, 6.45) is 4.85. The summed E-state index contributed by atoms with van der Waals surface area (Å²) in [5, 5.41) is 2.72. The zero-order valence-electron chi connectivity index (χ0n) is 24.8. The van der Waals surface area contributed by atoms with Crippen molar-refractivity contribution in [3.05, 3.63) is 54.4 Å². The molecule has 3 N–H and O–H groups in total. The molecule has 42 heavy (non-hydrogen) atoms. The van der Waals surface area contributed by atoms with Crippen LogP contribution in [0.1, 0.15) is 53.9 Å². The number of nitrogens with two attached hydrogens (primary N) is 1. The highest BCUT2D eigenvalue weighted by atomic mass is 31.2. The van der Waals surface area contributed by atoms with Crippen LogP contribution in [0.2, 0.25) is 0 Å². The van der Waals surface area contributed by atoms with Crippen LogP contribution in [0.3, 0.4) is 0 Å². The van der Waals surface area contributed by atoms with Crippen molar-refractivity contribution in [2.45, 2.75) is 90.2 Å². The molecule has 1 aromatic carbocycles. The first-order valence-corrected chi connectivity index (χ1v) is 15.9. The summed E-state index contributed by atoms with van der Waals surface area (Å²) in [4.78, 5) is 26.3. The number of hydrogen-bond acceptors (Lipinski definition) is 10. The number of para-hydroxylation sites is 1. The second-order valence-electron chi connectivity index (χ2n) is 11.0. The lowest BCUT2D eigenvalue weighted by Gasteiger charge is -2.31. The lowest BCUT2D eigenvalue weighted by atomic mass is 10.1. The van der Waals surface area contributed by atoms with Gasteiger partial charge in [-0.3, -0.25) is 14.1 Å². The summed E-state index contributed by atoms with van der Waals surface area (Å²) in [6.45, 7) is 9.25. The molecule has 3 heterocycles. The van der Waals surface area contributed by atoms with E-state index in [2.05, 4.69) is 5.09 Å². The fourth-order valence-corrected chi connectivity index (χ4v) is 6.46.